The fourth-order valence-electron chi connectivity index (χ4n) is 2.92. The molecule has 23 heavy (non-hydrogen) atoms. The van der Waals surface area contributed by atoms with Crippen molar-refractivity contribution in [2.24, 2.45) is 5.92 Å². The fraction of sp³-hybridized carbons (Fsp3) is 0.550. The number of aryl methyl sites for hydroxylation is 1. The maximum atomic E-state index is 12.1. The molecule has 0 aromatic carbocycles. The molecule has 0 saturated carbocycles. The van der Waals surface area contributed by atoms with Gasteiger partial charge in [-0.15, -0.1) is 0 Å². The monoisotopic (exact) mass is 316 g/mol. The third kappa shape index (κ3) is 5.74. The summed E-state index contributed by atoms with van der Waals surface area (Å²) in [5, 5.41) is 0. The van der Waals surface area contributed by atoms with E-state index in [1.807, 2.05) is 6.07 Å². The number of allylic oxidation sites excluding steroid dienone is 2. The topological polar surface area (TPSA) is 39.4 Å². The highest BCUT2D eigenvalue weighted by Crippen LogP contribution is 2.26. The van der Waals surface area contributed by atoms with E-state index < -0.39 is 0 Å². The number of cyclic esters (lactones) is 1. The summed E-state index contributed by atoms with van der Waals surface area (Å²) in [4.78, 5) is 12.1. The third-order valence-corrected chi connectivity index (χ3v) is 4.42. The maximum Gasteiger partial charge on any atom is 0.333 e. The second kappa shape index (κ2) is 8.76. The molecule has 0 fully saturated rings. The number of furan rings is 1. The summed E-state index contributed by atoms with van der Waals surface area (Å²) in [6, 6.07) is 2.01. The summed E-state index contributed by atoms with van der Waals surface area (Å²) < 4.78 is 10.7. The summed E-state index contributed by atoms with van der Waals surface area (Å²) in [5.74, 6) is 0.270. The number of ether oxygens (including phenoxy) is 1. The Morgan fingerprint density at radius 2 is 2.22 bits per heavy atom. The highest BCUT2D eigenvalue weighted by Gasteiger charge is 2.26. The van der Waals surface area contributed by atoms with Crippen molar-refractivity contribution < 1.29 is 13.9 Å². The molecule has 1 aliphatic heterocycles. The van der Waals surface area contributed by atoms with Gasteiger partial charge in [0.15, 0.2) is 0 Å². The van der Waals surface area contributed by atoms with Crippen LogP contribution in [0.1, 0.15) is 58.4 Å². The van der Waals surface area contributed by atoms with Crippen LogP contribution in [0.5, 0.6) is 0 Å². The lowest BCUT2D eigenvalue weighted by Gasteiger charge is -2.27. The van der Waals surface area contributed by atoms with Crippen molar-refractivity contribution >= 4 is 5.97 Å². The van der Waals surface area contributed by atoms with Gasteiger partial charge in [-0.25, -0.2) is 4.79 Å². The van der Waals surface area contributed by atoms with Gasteiger partial charge in [0.05, 0.1) is 12.5 Å². The summed E-state index contributed by atoms with van der Waals surface area (Å²) in [6.07, 6.45) is 13.5. The van der Waals surface area contributed by atoms with Gasteiger partial charge in [0.2, 0.25) is 0 Å². The highest BCUT2D eigenvalue weighted by molar-refractivity contribution is 5.89. The van der Waals surface area contributed by atoms with Crippen molar-refractivity contribution in [1.82, 2.24) is 0 Å². The van der Waals surface area contributed by atoms with Gasteiger partial charge in [-0.2, -0.15) is 0 Å². The Hall–Kier alpha value is -1.77. The van der Waals surface area contributed by atoms with Crippen LogP contribution >= 0.6 is 0 Å². The van der Waals surface area contributed by atoms with E-state index in [2.05, 4.69) is 32.9 Å². The van der Waals surface area contributed by atoms with Crippen LogP contribution in [-0.4, -0.2) is 12.1 Å². The molecular weight excluding hydrogens is 288 g/mol. The first kappa shape index (κ1) is 17.6. The third-order valence-electron chi connectivity index (χ3n) is 4.42. The number of hydrogen-bond acceptors (Lipinski definition) is 3. The Morgan fingerprint density at radius 1 is 1.39 bits per heavy atom. The molecule has 0 spiro atoms. The predicted octanol–water partition coefficient (Wildman–Crippen LogP) is 5.23. The van der Waals surface area contributed by atoms with Crippen LogP contribution in [0.3, 0.4) is 0 Å². The first-order chi connectivity index (χ1) is 11.1. The molecule has 126 valence electrons. The summed E-state index contributed by atoms with van der Waals surface area (Å²) in [7, 11) is 0. The zero-order chi connectivity index (χ0) is 16.7. The summed E-state index contributed by atoms with van der Waals surface area (Å²) in [5.41, 5.74) is 3.36. The van der Waals surface area contributed by atoms with Crippen LogP contribution in [0.15, 0.2) is 46.3 Å². The molecule has 1 aliphatic rings. The van der Waals surface area contributed by atoms with Crippen molar-refractivity contribution in [1.29, 1.82) is 0 Å². The largest absolute Gasteiger partial charge is 0.472 e. The van der Waals surface area contributed by atoms with E-state index in [1.165, 1.54) is 11.1 Å². The second-order valence-corrected chi connectivity index (χ2v) is 6.73. The molecule has 0 radical (unpaired) electrons. The lowest BCUT2D eigenvalue weighted by Crippen LogP contribution is -2.29. The molecule has 1 aromatic rings. The molecule has 0 unspecified atom stereocenters. The molecule has 1 aromatic heterocycles. The van der Waals surface area contributed by atoms with Gasteiger partial charge in [0.1, 0.15) is 6.10 Å². The molecular formula is C20H28O3. The van der Waals surface area contributed by atoms with E-state index in [0.29, 0.717) is 5.92 Å². The molecule has 0 bridgehead atoms. The van der Waals surface area contributed by atoms with Crippen LogP contribution in [0.2, 0.25) is 0 Å². The minimum atomic E-state index is -0.120. The van der Waals surface area contributed by atoms with E-state index in [9.17, 15) is 4.79 Å². The van der Waals surface area contributed by atoms with Gasteiger partial charge < -0.3 is 9.15 Å². The first-order valence-corrected chi connectivity index (χ1v) is 8.60. The SMILES string of the molecule is CC(C)=CCCC1=CC[C@@H]([C@H](C)CCCc2ccoc2)OC1=O. The summed E-state index contributed by atoms with van der Waals surface area (Å²) >= 11 is 0. The fourth-order valence-corrected chi connectivity index (χ4v) is 2.92. The number of carbonyl (C=O) groups excluding carboxylic acids is 1. The number of rotatable bonds is 8. The normalized spacial score (nSPS) is 19.0. The molecule has 2 atom stereocenters. The molecule has 0 N–H and O–H groups in total. The molecule has 0 saturated heterocycles. The molecule has 0 amide bonds. The van der Waals surface area contributed by atoms with E-state index in [-0.39, 0.29) is 12.1 Å². The molecule has 3 nitrogen and oxygen atoms in total. The standard InChI is InChI=1S/C20H28O3/c1-15(2)6-4-9-18-10-11-19(23-20(18)21)16(3)7-5-8-17-12-13-22-14-17/h6,10,12-14,16,19H,4-5,7-9,11H2,1-3H3/t16-,19+/m1/s1. The Morgan fingerprint density at radius 3 is 2.87 bits per heavy atom. The molecule has 3 heteroatoms. The minimum absolute atomic E-state index is 0.0269. The molecule has 2 heterocycles. The highest BCUT2D eigenvalue weighted by atomic mass is 16.5. The Balaban J connectivity index is 1.75. The van der Waals surface area contributed by atoms with Crippen molar-refractivity contribution in [3.05, 3.63) is 47.5 Å². The number of hydrogen-bond donors (Lipinski definition) is 0. The summed E-state index contributed by atoms with van der Waals surface area (Å²) in [6.45, 7) is 6.33. The lowest BCUT2D eigenvalue weighted by molar-refractivity contribution is -0.148. The van der Waals surface area contributed by atoms with Crippen molar-refractivity contribution in [3.8, 4) is 0 Å². The van der Waals surface area contributed by atoms with Gasteiger partial charge in [0.25, 0.3) is 0 Å². The van der Waals surface area contributed by atoms with Gasteiger partial charge in [-0.3, -0.25) is 0 Å². The zero-order valence-corrected chi connectivity index (χ0v) is 14.5. The Kier molecular flexibility index (Phi) is 6.69. The molecule has 2 rings (SSSR count). The lowest BCUT2D eigenvalue weighted by atomic mass is 9.92. The second-order valence-electron chi connectivity index (χ2n) is 6.73. The average Bonchev–Trinajstić information content (AvgIpc) is 3.01. The Bertz CT molecular complexity index is 547. The zero-order valence-electron chi connectivity index (χ0n) is 14.5. The number of carbonyl (C=O) groups is 1. The number of esters is 1. The van der Waals surface area contributed by atoms with E-state index in [0.717, 1.165) is 44.1 Å². The van der Waals surface area contributed by atoms with E-state index in [1.54, 1.807) is 12.5 Å². The van der Waals surface area contributed by atoms with Crippen LogP contribution < -0.4 is 0 Å². The van der Waals surface area contributed by atoms with Gasteiger partial charge in [-0.1, -0.05) is 24.6 Å². The van der Waals surface area contributed by atoms with Crippen LogP contribution in [0.4, 0.5) is 0 Å². The minimum Gasteiger partial charge on any atom is -0.472 e. The van der Waals surface area contributed by atoms with Crippen LogP contribution in [-0.2, 0) is 16.0 Å². The molecule has 0 aliphatic carbocycles. The quantitative estimate of drug-likeness (QED) is 0.487. The van der Waals surface area contributed by atoms with E-state index >= 15 is 0 Å². The van der Waals surface area contributed by atoms with Gasteiger partial charge in [-0.05, 0) is 63.5 Å². The van der Waals surface area contributed by atoms with Crippen molar-refractivity contribution in [2.75, 3.05) is 0 Å². The van der Waals surface area contributed by atoms with Crippen molar-refractivity contribution in [2.45, 2.75) is 65.4 Å². The predicted molar refractivity (Wildman–Crippen MR) is 92.1 cm³/mol. The smallest absolute Gasteiger partial charge is 0.333 e. The average molecular weight is 316 g/mol. The first-order valence-electron chi connectivity index (χ1n) is 8.60. The van der Waals surface area contributed by atoms with Crippen LogP contribution in [0.25, 0.3) is 0 Å². The Labute approximate surface area is 139 Å². The van der Waals surface area contributed by atoms with E-state index in [4.69, 9.17) is 9.15 Å². The van der Waals surface area contributed by atoms with Crippen LogP contribution in [0, 0.1) is 5.92 Å². The van der Waals surface area contributed by atoms with Gasteiger partial charge in [0, 0.05) is 12.0 Å². The van der Waals surface area contributed by atoms with Crippen molar-refractivity contribution in [3.63, 3.8) is 0 Å². The maximum absolute atomic E-state index is 12.1. The van der Waals surface area contributed by atoms with Gasteiger partial charge >= 0.3 is 5.97 Å².